The van der Waals surface area contributed by atoms with Crippen LogP contribution in [0.2, 0.25) is 0 Å². The number of anilines is 1. The van der Waals surface area contributed by atoms with E-state index in [4.69, 9.17) is 18.9 Å². The summed E-state index contributed by atoms with van der Waals surface area (Å²) in [6, 6.07) is 5.23. The number of carbonyl (C=O) groups is 3. The van der Waals surface area contributed by atoms with Crippen molar-refractivity contribution in [2.75, 3.05) is 11.9 Å². The van der Waals surface area contributed by atoms with E-state index in [0.29, 0.717) is 48.7 Å². The number of carboxylic acid groups (broad SMARTS) is 1. The lowest BCUT2D eigenvalue weighted by Gasteiger charge is -2.35. The van der Waals surface area contributed by atoms with Gasteiger partial charge in [-0.25, -0.2) is 14.4 Å². The molecule has 4 aliphatic rings. The van der Waals surface area contributed by atoms with Gasteiger partial charge in [0.1, 0.15) is 23.9 Å². The molecule has 254 valence electrons. The molecule has 3 atom stereocenters. The highest BCUT2D eigenvalue weighted by Crippen LogP contribution is 2.47. The van der Waals surface area contributed by atoms with Crippen molar-refractivity contribution in [2.45, 2.75) is 84.7 Å². The van der Waals surface area contributed by atoms with E-state index < -0.39 is 29.6 Å². The molecule has 0 bridgehead atoms. The molecule has 3 aromatic rings. The largest absolute Gasteiger partial charge is 0.481 e. The molecule has 49 heavy (non-hydrogen) atoms. The lowest BCUT2D eigenvalue weighted by molar-refractivity contribution is -0.155. The van der Waals surface area contributed by atoms with Crippen molar-refractivity contribution < 1.29 is 38.4 Å². The van der Waals surface area contributed by atoms with E-state index in [0.717, 1.165) is 44.7 Å². The number of esters is 2. The number of hydrogen-bond acceptors (Lipinski definition) is 11. The average Bonchev–Trinajstić information content (AvgIpc) is 3.44. The van der Waals surface area contributed by atoms with Gasteiger partial charge in [0.15, 0.2) is 6.61 Å². The number of fused-ring (bicyclic) bond motifs is 6. The van der Waals surface area contributed by atoms with Crippen molar-refractivity contribution in [1.29, 1.82) is 0 Å². The number of benzene rings is 2. The number of aliphatic carboxylic acids is 1. The fourth-order valence-electron chi connectivity index (χ4n) is 7.44. The molecular formula is C36H35N3O10. The van der Waals surface area contributed by atoms with Crippen molar-refractivity contribution in [1.82, 2.24) is 4.57 Å². The second-order valence-electron chi connectivity index (χ2n) is 13.1. The van der Waals surface area contributed by atoms with Gasteiger partial charge in [-0.3, -0.25) is 4.79 Å². The molecule has 2 aromatic carbocycles. The minimum absolute atomic E-state index is 0.207. The summed E-state index contributed by atoms with van der Waals surface area (Å²) in [4.78, 5) is 62.0. The number of nitrogens with zero attached hydrogens (tertiary/aromatic N) is 2. The highest BCUT2D eigenvalue weighted by Gasteiger charge is 2.42. The number of nitrogens with one attached hydrogen (secondary N) is 1. The molecule has 2 N–H and O–H groups in total. The molecule has 13 nitrogen and oxygen atoms in total. The van der Waals surface area contributed by atoms with Crippen molar-refractivity contribution >= 4 is 29.2 Å². The van der Waals surface area contributed by atoms with E-state index in [1.165, 1.54) is 0 Å². The number of pyridine rings is 1. The molecule has 2 unspecified atom stereocenters. The second-order valence-corrected chi connectivity index (χ2v) is 13.1. The van der Waals surface area contributed by atoms with Crippen LogP contribution >= 0.6 is 0 Å². The third kappa shape index (κ3) is 4.98. The molecule has 0 saturated heterocycles. The van der Waals surface area contributed by atoms with Gasteiger partial charge in [0.05, 0.1) is 11.6 Å². The van der Waals surface area contributed by atoms with Gasteiger partial charge in [-0.1, -0.05) is 6.92 Å². The fraction of sp³-hybridized carbons (Fsp3) is 0.389. The van der Waals surface area contributed by atoms with Crippen LogP contribution < -0.4 is 25.1 Å². The van der Waals surface area contributed by atoms with Crippen LogP contribution in [0.4, 0.5) is 5.69 Å². The Morgan fingerprint density at radius 3 is 2.61 bits per heavy atom. The van der Waals surface area contributed by atoms with E-state index in [9.17, 15) is 29.2 Å². The van der Waals surface area contributed by atoms with E-state index >= 15 is 0 Å². The Labute approximate surface area is 280 Å². The molecule has 0 fully saturated rings. The summed E-state index contributed by atoms with van der Waals surface area (Å²) < 4.78 is 24.4. The summed E-state index contributed by atoms with van der Waals surface area (Å²) >= 11 is 0. The number of nitroso groups, excluding NO2 is 1. The van der Waals surface area contributed by atoms with Gasteiger partial charge in [0.25, 0.3) is 5.56 Å². The van der Waals surface area contributed by atoms with Crippen LogP contribution in [0.15, 0.2) is 39.8 Å². The monoisotopic (exact) mass is 669 g/mol. The first-order chi connectivity index (χ1) is 23.4. The summed E-state index contributed by atoms with van der Waals surface area (Å²) in [6.07, 6.45) is 1.44. The molecule has 7 rings (SSSR count). The molecule has 0 spiro atoms. The molecule has 0 amide bonds. The normalized spacial score (nSPS) is 21.5. The number of carboxylic acids is 1. The van der Waals surface area contributed by atoms with Gasteiger partial charge in [0.2, 0.25) is 11.6 Å². The van der Waals surface area contributed by atoms with Gasteiger partial charge in [-0.05, 0) is 97.8 Å². The Bertz CT molecular complexity index is 2100. The zero-order chi connectivity index (χ0) is 34.9. The summed E-state index contributed by atoms with van der Waals surface area (Å²) in [5, 5.41) is 16.1. The quantitative estimate of drug-likeness (QED) is 0.194. The molecule has 0 radical (unpaired) electrons. The summed E-state index contributed by atoms with van der Waals surface area (Å²) in [5.41, 5.74) is 6.28. The number of aromatic nitrogens is 1. The molecule has 13 heteroatoms. The van der Waals surface area contributed by atoms with Crippen LogP contribution in [0.3, 0.4) is 0 Å². The maximum absolute atomic E-state index is 13.5. The van der Waals surface area contributed by atoms with Crippen LogP contribution in [0.25, 0.3) is 5.57 Å². The lowest BCUT2D eigenvalue weighted by Crippen LogP contribution is -2.44. The van der Waals surface area contributed by atoms with Crippen molar-refractivity contribution in [3.05, 3.63) is 89.7 Å². The highest BCUT2D eigenvalue weighted by atomic mass is 16.6. The molecule has 0 saturated carbocycles. The van der Waals surface area contributed by atoms with Gasteiger partial charge in [0, 0.05) is 41.0 Å². The molecule has 0 aliphatic carbocycles. The molecular weight excluding hydrogens is 634 g/mol. The first-order valence-corrected chi connectivity index (χ1v) is 16.1. The Hall–Kier alpha value is -5.46. The molecule has 4 aliphatic heterocycles. The van der Waals surface area contributed by atoms with Crippen LogP contribution in [0.5, 0.6) is 17.2 Å². The third-order valence-electron chi connectivity index (χ3n) is 10.3. The number of rotatable bonds is 7. The predicted octanol–water partition coefficient (Wildman–Crippen LogP) is 5.13. The van der Waals surface area contributed by atoms with Gasteiger partial charge >= 0.3 is 17.9 Å². The number of allylic oxidation sites excluding steroid dienone is 1. The number of hydrogen-bond donors (Lipinski definition) is 2. The van der Waals surface area contributed by atoms with E-state index in [1.807, 2.05) is 33.8 Å². The Morgan fingerprint density at radius 1 is 1.12 bits per heavy atom. The SMILES string of the molecule is CCC1=C2Cn3c(cc4c(c3=O)COC(=O)[C@H]4N=O)C2Nc2ccc(OC(=O)COc3c(C)c(C)c4c(c3C)CCC(C)(C(=O)O)O4)cc21. The summed E-state index contributed by atoms with van der Waals surface area (Å²) in [6.45, 7) is 8.90. The topological polar surface area (TPSA) is 172 Å². The van der Waals surface area contributed by atoms with Gasteiger partial charge in [-0.15, -0.1) is 4.91 Å². The minimum atomic E-state index is -1.38. The first-order valence-electron chi connectivity index (χ1n) is 16.1. The lowest BCUT2D eigenvalue weighted by atomic mass is 9.87. The Morgan fingerprint density at radius 2 is 1.90 bits per heavy atom. The highest BCUT2D eigenvalue weighted by molar-refractivity contribution is 5.86. The number of ether oxygens (including phenoxy) is 4. The standard InChI is InChI=1S/C36H35N3O10/c1-6-20-22-11-19(48-28(40)15-46-31-16(2)17(3)32-21(18(31)4)9-10-36(5,49-32)35(43)44)7-8-26(22)37-29-24(20)13-39-27(29)12-23-25(33(39)41)14-47-34(42)30(23)38-45/h7-8,11-12,29-30,37H,6,9-10,13-15H2,1-5H3,(H,43,44)/t29?,30-,36?/m0/s1. The number of carbonyl (C=O) groups excluding carboxylic acids is 2. The van der Waals surface area contributed by atoms with Crippen molar-refractivity contribution in [3.8, 4) is 17.2 Å². The zero-order valence-corrected chi connectivity index (χ0v) is 27.7. The van der Waals surface area contributed by atoms with Crippen LogP contribution in [0, 0.1) is 25.7 Å². The van der Waals surface area contributed by atoms with E-state index in [-0.39, 0.29) is 35.9 Å². The Balaban J connectivity index is 1.11. The van der Waals surface area contributed by atoms with Crippen LogP contribution in [0.1, 0.15) is 83.4 Å². The second kappa shape index (κ2) is 11.6. The smallest absolute Gasteiger partial charge is 0.349 e. The van der Waals surface area contributed by atoms with Crippen LogP contribution in [-0.2, 0) is 38.7 Å². The first kappa shape index (κ1) is 32.1. The summed E-state index contributed by atoms with van der Waals surface area (Å²) in [5.74, 6) is -0.969. The maximum atomic E-state index is 13.5. The van der Waals surface area contributed by atoms with Crippen molar-refractivity contribution in [2.24, 2.45) is 5.18 Å². The Kier molecular flexibility index (Phi) is 7.60. The average molecular weight is 670 g/mol. The number of cyclic esters (lactones) is 1. The predicted molar refractivity (Wildman–Crippen MR) is 176 cm³/mol. The van der Waals surface area contributed by atoms with Gasteiger partial charge < -0.3 is 33.9 Å². The van der Waals surface area contributed by atoms with Crippen LogP contribution in [-0.4, -0.2) is 39.8 Å². The zero-order valence-electron chi connectivity index (χ0n) is 27.7. The fourth-order valence-corrected chi connectivity index (χ4v) is 7.44. The maximum Gasteiger partial charge on any atom is 0.349 e. The summed E-state index contributed by atoms with van der Waals surface area (Å²) in [7, 11) is 0. The van der Waals surface area contributed by atoms with Crippen molar-refractivity contribution in [3.63, 3.8) is 0 Å². The third-order valence-corrected chi connectivity index (χ3v) is 10.3. The molecule has 1 aromatic heterocycles. The van der Waals surface area contributed by atoms with E-state index in [2.05, 4.69) is 10.5 Å². The van der Waals surface area contributed by atoms with E-state index in [1.54, 1.807) is 29.7 Å². The van der Waals surface area contributed by atoms with Gasteiger partial charge in [-0.2, -0.15) is 0 Å². The molecule has 5 heterocycles. The minimum Gasteiger partial charge on any atom is -0.481 e.